The van der Waals surface area contributed by atoms with Crippen LogP contribution in [-0.4, -0.2) is 34.2 Å². The highest BCUT2D eigenvalue weighted by Crippen LogP contribution is 2.29. The minimum Gasteiger partial charge on any atom is -0.480 e. The van der Waals surface area contributed by atoms with Gasteiger partial charge in [0.2, 0.25) is 0 Å². The molecule has 0 aromatic carbocycles. The van der Waals surface area contributed by atoms with Crippen molar-refractivity contribution in [2.75, 3.05) is 6.54 Å². The molecule has 0 atom stereocenters. The Balaban J connectivity index is 1.79. The average Bonchev–Trinajstić information content (AvgIpc) is 2.90. The second-order valence-electron chi connectivity index (χ2n) is 5.05. The lowest BCUT2D eigenvalue weighted by molar-refractivity contribution is -0.144. The summed E-state index contributed by atoms with van der Waals surface area (Å²) in [4.78, 5) is 27.2. The van der Waals surface area contributed by atoms with E-state index >= 15 is 0 Å². The first-order valence-electron chi connectivity index (χ1n) is 6.82. The van der Waals surface area contributed by atoms with Crippen LogP contribution in [0.15, 0.2) is 24.4 Å². The fourth-order valence-corrected chi connectivity index (χ4v) is 2.48. The molecule has 1 aromatic heterocycles. The maximum Gasteiger partial charge on any atom is 0.329 e. The van der Waals surface area contributed by atoms with Crippen LogP contribution < -0.4 is 10.6 Å². The Bertz CT molecular complexity index is 470. The van der Waals surface area contributed by atoms with E-state index in [1.165, 1.54) is 0 Å². The van der Waals surface area contributed by atoms with Gasteiger partial charge < -0.3 is 15.7 Å². The lowest BCUT2D eigenvalue weighted by Crippen LogP contribution is -2.55. The molecule has 1 saturated carbocycles. The van der Waals surface area contributed by atoms with Gasteiger partial charge in [-0.2, -0.15) is 0 Å². The Morgan fingerprint density at radius 3 is 2.65 bits per heavy atom. The molecule has 20 heavy (non-hydrogen) atoms. The van der Waals surface area contributed by atoms with E-state index < -0.39 is 17.5 Å². The van der Waals surface area contributed by atoms with Gasteiger partial charge in [-0.1, -0.05) is 18.9 Å². The molecule has 108 valence electrons. The van der Waals surface area contributed by atoms with Crippen LogP contribution in [0.25, 0.3) is 0 Å². The van der Waals surface area contributed by atoms with Crippen LogP contribution in [0.3, 0.4) is 0 Å². The smallest absolute Gasteiger partial charge is 0.329 e. The van der Waals surface area contributed by atoms with Gasteiger partial charge in [0.05, 0.1) is 0 Å². The van der Waals surface area contributed by atoms with E-state index in [4.69, 9.17) is 0 Å². The number of pyridine rings is 1. The second-order valence-corrected chi connectivity index (χ2v) is 5.05. The van der Waals surface area contributed by atoms with Gasteiger partial charge in [-0.3, -0.25) is 4.98 Å². The quantitative estimate of drug-likeness (QED) is 0.757. The molecule has 0 spiro atoms. The monoisotopic (exact) mass is 277 g/mol. The van der Waals surface area contributed by atoms with E-state index in [1.54, 1.807) is 6.20 Å². The van der Waals surface area contributed by atoms with Gasteiger partial charge >= 0.3 is 12.0 Å². The fraction of sp³-hybridized carbons (Fsp3) is 0.500. The Morgan fingerprint density at radius 1 is 1.30 bits per heavy atom. The Hall–Kier alpha value is -2.11. The lowest BCUT2D eigenvalue weighted by Gasteiger charge is -2.25. The number of carboxylic acids is 1. The number of nitrogens with zero attached hydrogens (tertiary/aromatic N) is 1. The normalized spacial score (nSPS) is 16.6. The lowest BCUT2D eigenvalue weighted by atomic mass is 9.98. The van der Waals surface area contributed by atoms with Crippen molar-refractivity contribution in [1.82, 2.24) is 15.6 Å². The highest BCUT2D eigenvalue weighted by Gasteiger charge is 2.42. The van der Waals surface area contributed by atoms with Crippen LogP contribution in [0.5, 0.6) is 0 Å². The van der Waals surface area contributed by atoms with Crippen LogP contribution in [0, 0.1) is 0 Å². The average molecular weight is 277 g/mol. The number of nitrogens with one attached hydrogen (secondary N) is 2. The van der Waals surface area contributed by atoms with E-state index in [1.807, 2.05) is 18.2 Å². The van der Waals surface area contributed by atoms with Crippen LogP contribution in [0.2, 0.25) is 0 Å². The first-order chi connectivity index (χ1) is 9.62. The molecule has 1 aliphatic rings. The summed E-state index contributed by atoms with van der Waals surface area (Å²) in [6.45, 7) is 0.429. The summed E-state index contributed by atoms with van der Waals surface area (Å²) in [7, 11) is 0. The summed E-state index contributed by atoms with van der Waals surface area (Å²) in [5.41, 5.74) is -0.198. The fourth-order valence-electron chi connectivity index (χ4n) is 2.48. The van der Waals surface area contributed by atoms with Crippen LogP contribution >= 0.6 is 0 Å². The summed E-state index contributed by atoms with van der Waals surface area (Å²) in [5.74, 6) is -0.949. The highest BCUT2D eigenvalue weighted by molar-refractivity contribution is 5.86. The standard InChI is InChI=1S/C14H19N3O3/c18-12(19)14(7-2-3-8-14)17-13(20)16-10-6-11-5-1-4-9-15-11/h1,4-5,9H,2-3,6-8,10H2,(H,18,19)(H2,16,17,20). The zero-order valence-corrected chi connectivity index (χ0v) is 11.3. The van der Waals surface area contributed by atoms with Gasteiger partial charge in [0.25, 0.3) is 0 Å². The predicted molar refractivity (Wildman–Crippen MR) is 73.3 cm³/mol. The third-order valence-corrected chi connectivity index (χ3v) is 3.61. The number of rotatable bonds is 5. The SMILES string of the molecule is O=C(NCCc1ccccn1)NC1(C(=O)O)CCCC1. The molecule has 6 heteroatoms. The molecule has 0 radical (unpaired) electrons. The molecule has 2 amide bonds. The minimum atomic E-state index is -1.09. The molecule has 1 heterocycles. The first-order valence-corrected chi connectivity index (χ1v) is 6.82. The number of hydrogen-bond donors (Lipinski definition) is 3. The van der Waals surface area contributed by atoms with Gasteiger partial charge in [0, 0.05) is 24.9 Å². The molecule has 1 aromatic rings. The summed E-state index contributed by atoms with van der Waals surface area (Å²) >= 11 is 0. The second kappa shape index (κ2) is 6.36. The minimum absolute atomic E-state index is 0.426. The number of aromatic nitrogens is 1. The van der Waals surface area contributed by atoms with Crippen molar-refractivity contribution in [3.63, 3.8) is 0 Å². The number of amides is 2. The molecule has 0 unspecified atom stereocenters. The Labute approximate surface area is 117 Å². The van der Waals surface area contributed by atoms with E-state index in [9.17, 15) is 14.7 Å². The number of urea groups is 1. The van der Waals surface area contributed by atoms with Gasteiger partial charge in [-0.15, -0.1) is 0 Å². The van der Waals surface area contributed by atoms with Gasteiger partial charge in [-0.05, 0) is 25.0 Å². The van der Waals surface area contributed by atoms with Crippen molar-refractivity contribution < 1.29 is 14.7 Å². The van der Waals surface area contributed by atoms with Crippen molar-refractivity contribution in [3.8, 4) is 0 Å². The van der Waals surface area contributed by atoms with E-state index in [-0.39, 0.29) is 0 Å². The van der Waals surface area contributed by atoms with Gasteiger partial charge in [0.1, 0.15) is 5.54 Å². The molecule has 1 aliphatic carbocycles. The van der Waals surface area contributed by atoms with E-state index in [0.29, 0.717) is 25.8 Å². The van der Waals surface area contributed by atoms with Crippen molar-refractivity contribution in [3.05, 3.63) is 30.1 Å². The number of aliphatic carboxylic acids is 1. The third kappa shape index (κ3) is 3.46. The van der Waals surface area contributed by atoms with Crippen molar-refractivity contribution >= 4 is 12.0 Å². The van der Waals surface area contributed by atoms with E-state index in [0.717, 1.165) is 18.5 Å². The molecule has 2 rings (SSSR count). The van der Waals surface area contributed by atoms with Crippen molar-refractivity contribution in [1.29, 1.82) is 0 Å². The number of carboxylic acid groups (broad SMARTS) is 1. The molecule has 6 nitrogen and oxygen atoms in total. The molecule has 0 saturated heterocycles. The maximum atomic E-state index is 11.8. The Kier molecular flexibility index (Phi) is 4.55. The summed E-state index contributed by atoms with van der Waals surface area (Å²) in [6, 6.07) is 5.18. The molecule has 3 N–H and O–H groups in total. The van der Waals surface area contributed by atoms with Crippen LogP contribution in [0.1, 0.15) is 31.4 Å². The number of hydrogen-bond acceptors (Lipinski definition) is 3. The summed E-state index contributed by atoms with van der Waals surface area (Å²) < 4.78 is 0. The van der Waals surface area contributed by atoms with Gasteiger partial charge in [0.15, 0.2) is 0 Å². The molecule has 0 aliphatic heterocycles. The van der Waals surface area contributed by atoms with E-state index in [2.05, 4.69) is 15.6 Å². The molecule has 0 bridgehead atoms. The number of carbonyl (C=O) groups is 2. The van der Waals surface area contributed by atoms with Crippen molar-refractivity contribution in [2.24, 2.45) is 0 Å². The Morgan fingerprint density at radius 2 is 2.05 bits per heavy atom. The van der Waals surface area contributed by atoms with Crippen LogP contribution in [0.4, 0.5) is 4.79 Å². The largest absolute Gasteiger partial charge is 0.480 e. The first kappa shape index (κ1) is 14.3. The molecular formula is C14H19N3O3. The zero-order valence-electron chi connectivity index (χ0n) is 11.3. The van der Waals surface area contributed by atoms with Gasteiger partial charge in [-0.25, -0.2) is 9.59 Å². The summed E-state index contributed by atoms with van der Waals surface area (Å²) in [6.07, 6.45) is 4.98. The maximum absolute atomic E-state index is 11.8. The van der Waals surface area contributed by atoms with Crippen LogP contribution in [-0.2, 0) is 11.2 Å². The molecular weight excluding hydrogens is 258 g/mol. The molecule has 1 fully saturated rings. The number of carbonyl (C=O) groups excluding carboxylic acids is 1. The predicted octanol–water partition coefficient (Wildman–Crippen LogP) is 1.32. The zero-order chi connectivity index (χ0) is 14.4. The highest BCUT2D eigenvalue weighted by atomic mass is 16.4. The third-order valence-electron chi connectivity index (χ3n) is 3.61. The summed E-state index contributed by atoms with van der Waals surface area (Å²) in [5, 5.41) is 14.6. The van der Waals surface area contributed by atoms with Crippen molar-refractivity contribution in [2.45, 2.75) is 37.6 Å². The topological polar surface area (TPSA) is 91.3 Å².